The molecule has 0 amide bonds. The number of anilines is 8. The predicted octanol–water partition coefficient (Wildman–Crippen LogP) is 24.2. The third-order valence-electron chi connectivity index (χ3n) is 18.8. The lowest BCUT2D eigenvalue weighted by atomic mass is 9.74. The largest absolute Gasteiger partial charge is 0.496 e. The molecule has 9 rings (SSSR count). The summed E-state index contributed by atoms with van der Waals surface area (Å²) in [6.45, 7) is 37.1. The Balaban J connectivity index is 1.53. The highest BCUT2D eigenvalue weighted by molar-refractivity contribution is 5.79. The molecule has 0 saturated heterocycles. The van der Waals surface area contributed by atoms with Gasteiger partial charge in [0.15, 0.2) is 0 Å². The zero-order chi connectivity index (χ0) is 66.2. The minimum atomic E-state index is -0.159. The molecule has 488 valence electrons. The van der Waals surface area contributed by atoms with E-state index in [0.717, 1.165) is 116 Å². The van der Waals surface area contributed by atoms with Crippen molar-refractivity contribution >= 4 is 45.5 Å². The molecule has 4 atom stereocenters. The molecule has 8 nitrogen and oxygen atoms in total. The van der Waals surface area contributed by atoms with E-state index in [-0.39, 0.29) is 71.0 Å². The van der Waals surface area contributed by atoms with Crippen molar-refractivity contribution in [3.63, 3.8) is 0 Å². The highest BCUT2D eigenvalue weighted by atomic mass is 16.5. The molecule has 0 radical (unpaired) electrons. The van der Waals surface area contributed by atoms with E-state index in [1.54, 1.807) is 0 Å². The van der Waals surface area contributed by atoms with Crippen molar-refractivity contribution in [2.45, 2.75) is 184 Å². The van der Waals surface area contributed by atoms with Crippen molar-refractivity contribution in [3.05, 3.63) is 212 Å². The van der Waals surface area contributed by atoms with E-state index in [1.807, 2.05) is 28.4 Å². The first kappa shape index (κ1) is 68.5. The van der Waals surface area contributed by atoms with Crippen molar-refractivity contribution in [2.75, 3.05) is 49.7 Å². The number of hydrogen-bond donors (Lipinski definition) is 4. The normalized spacial score (nSPS) is 15.7. The van der Waals surface area contributed by atoms with Crippen molar-refractivity contribution in [1.29, 1.82) is 0 Å². The van der Waals surface area contributed by atoms with E-state index in [4.69, 9.17) is 18.9 Å². The zero-order valence-corrected chi connectivity index (χ0v) is 59.2. The second-order valence-electron chi connectivity index (χ2n) is 28.9. The van der Waals surface area contributed by atoms with Crippen LogP contribution in [-0.2, 0) is 0 Å². The number of nitrogens with one attached hydrogen (secondary N) is 4. The van der Waals surface area contributed by atoms with Crippen LogP contribution in [-0.4, -0.2) is 28.4 Å². The third kappa shape index (κ3) is 15.3. The number of rotatable bonds is 24. The summed E-state index contributed by atoms with van der Waals surface area (Å²) in [6.07, 6.45) is 3.34. The third-order valence-corrected chi connectivity index (χ3v) is 18.8. The molecule has 4 unspecified atom stereocenters. The second kappa shape index (κ2) is 30.3. The van der Waals surface area contributed by atoms with Gasteiger partial charge in [-0.25, -0.2) is 0 Å². The molecular formula is C84H108N4O4. The van der Waals surface area contributed by atoms with Gasteiger partial charge in [-0.2, -0.15) is 0 Å². The van der Waals surface area contributed by atoms with Crippen LogP contribution in [0.25, 0.3) is 0 Å². The predicted molar refractivity (Wildman–Crippen MR) is 392 cm³/mol. The summed E-state index contributed by atoms with van der Waals surface area (Å²) in [5.74, 6) is 4.96. The van der Waals surface area contributed by atoms with Gasteiger partial charge in [0.25, 0.3) is 0 Å². The van der Waals surface area contributed by atoms with Gasteiger partial charge in [0, 0.05) is 116 Å². The van der Waals surface area contributed by atoms with E-state index in [9.17, 15) is 0 Å². The van der Waals surface area contributed by atoms with Crippen LogP contribution in [0.1, 0.15) is 251 Å². The summed E-state index contributed by atoms with van der Waals surface area (Å²) in [4.78, 5) is 0. The van der Waals surface area contributed by atoms with Crippen LogP contribution in [0, 0.1) is 23.7 Å². The first-order valence-corrected chi connectivity index (χ1v) is 34.3. The molecule has 0 aliphatic heterocycles. The standard InChI is InChI=1S/C84H108N4O4/c1-49(2)37-61-65-41-70(82(90-18)45-77(65)85-73-33-25-21-29-57(73)53(9)10)63(39-51(5)6)67-43-72(84(92-20)47-79(67)87-75-35-27-23-31-59(75)55(13)14)64(40-52(7)8)68-44-71(83(91-19)48-80(68)88-76-36-28-24-32-60(76)56(15)16)62(38-50(3)4)66-42-69(61)81(89-17)46-78(66)86-74-34-26-22-30-58(74)54(11)12/h21-36,41-56,61-64,85-88H,37-40H2,1-20H3. The molecule has 8 bridgehead atoms. The molecule has 0 saturated carbocycles. The van der Waals surface area contributed by atoms with Gasteiger partial charge in [-0.05, 0) is 166 Å². The van der Waals surface area contributed by atoms with Crippen molar-refractivity contribution < 1.29 is 18.9 Å². The van der Waals surface area contributed by atoms with E-state index >= 15 is 0 Å². The van der Waals surface area contributed by atoms with Crippen molar-refractivity contribution in [2.24, 2.45) is 23.7 Å². The minimum Gasteiger partial charge on any atom is -0.496 e. The molecule has 1 aliphatic carbocycles. The number of benzene rings is 8. The van der Waals surface area contributed by atoms with Crippen LogP contribution in [0.5, 0.6) is 23.0 Å². The summed E-state index contributed by atoms with van der Waals surface area (Å²) >= 11 is 0. The molecule has 8 aromatic rings. The summed E-state index contributed by atoms with van der Waals surface area (Å²) in [6, 6.07) is 54.5. The van der Waals surface area contributed by atoms with Gasteiger partial charge in [-0.3, -0.25) is 0 Å². The molecule has 92 heavy (non-hydrogen) atoms. The van der Waals surface area contributed by atoms with Gasteiger partial charge >= 0.3 is 0 Å². The fourth-order valence-corrected chi connectivity index (χ4v) is 14.4. The van der Waals surface area contributed by atoms with Gasteiger partial charge in [0.05, 0.1) is 28.4 Å². The van der Waals surface area contributed by atoms with E-state index in [2.05, 4.69) is 278 Å². The molecule has 0 aromatic heterocycles. The van der Waals surface area contributed by atoms with Gasteiger partial charge < -0.3 is 40.2 Å². The summed E-state index contributed by atoms with van der Waals surface area (Å²) in [5, 5.41) is 16.5. The fourth-order valence-electron chi connectivity index (χ4n) is 14.4. The van der Waals surface area contributed by atoms with Crippen LogP contribution in [0.2, 0.25) is 0 Å². The molecule has 0 fully saturated rings. The Labute approximate surface area is 554 Å². The number of fused-ring (bicyclic) bond motifs is 8. The Morgan fingerprint density at radius 3 is 0.598 bits per heavy atom. The van der Waals surface area contributed by atoms with Crippen LogP contribution >= 0.6 is 0 Å². The van der Waals surface area contributed by atoms with Gasteiger partial charge in [-0.1, -0.05) is 184 Å². The SMILES string of the molecule is COc1cc(Nc2ccccc2C(C)C)c2cc1C(CC(C)C)c1cc(c(OC)cc1Nc1ccccc1C(C)C)C(CC(C)C)c1cc(c(OC)cc1Nc1ccccc1C(C)C)C(CC(C)C)c1cc(c(OC)cc1Nc1ccccc1C(C)C)C2CC(C)C. The number of ether oxygens (including phenoxy) is 4. The number of hydrogen-bond acceptors (Lipinski definition) is 8. The minimum absolute atomic E-state index is 0.159. The van der Waals surface area contributed by atoms with Gasteiger partial charge in [-0.15, -0.1) is 0 Å². The number of para-hydroxylation sites is 4. The first-order valence-electron chi connectivity index (χ1n) is 34.3. The Bertz CT molecular complexity index is 3300. The monoisotopic (exact) mass is 1240 g/mol. The average molecular weight is 1240 g/mol. The van der Waals surface area contributed by atoms with Crippen molar-refractivity contribution in [1.82, 2.24) is 0 Å². The number of methoxy groups -OCH3 is 4. The maximum Gasteiger partial charge on any atom is 0.124 e. The fraction of sp³-hybridized carbons (Fsp3) is 0.429. The molecule has 4 N–H and O–H groups in total. The highest BCUT2D eigenvalue weighted by Crippen LogP contribution is 2.55. The van der Waals surface area contributed by atoms with Gasteiger partial charge in [0.1, 0.15) is 23.0 Å². The van der Waals surface area contributed by atoms with Crippen LogP contribution in [0.3, 0.4) is 0 Å². The Morgan fingerprint density at radius 1 is 0.250 bits per heavy atom. The molecular weight excluding hydrogens is 1130 g/mol. The Morgan fingerprint density at radius 2 is 0.435 bits per heavy atom. The summed E-state index contributed by atoms with van der Waals surface area (Å²) in [5.41, 5.74) is 22.6. The molecule has 0 spiro atoms. The molecule has 8 heteroatoms. The smallest absolute Gasteiger partial charge is 0.124 e. The lowest BCUT2D eigenvalue weighted by molar-refractivity contribution is 0.398. The zero-order valence-electron chi connectivity index (χ0n) is 59.2. The maximum atomic E-state index is 6.86. The average Bonchev–Trinajstić information content (AvgIpc) is 0.779. The highest BCUT2D eigenvalue weighted by Gasteiger charge is 2.36. The van der Waals surface area contributed by atoms with Crippen LogP contribution in [0.4, 0.5) is 45.5 Å². The topological polar surface area (TPSA) is 85.0 Å². The lowest BCUT2D eigenvalue weighted by Crippen LogP contribution is -2.18. The van der Waals surface area contributed by atoms with E-state index in [0.29, 0.717) is 0 Å². The molecule has 0 heterocycles. The maximum absolute atomic E-state index is 6.86. The quantitative estimate of drug-likeness (QED) is 0.0476. The first-order chi connectivity index (χ1) is 44.0. The second-order valence-corrected chi connectivity index (χ2v) is 28.9. The molecule has 1 aliphatic rings. The van der Waals surface area contributed by atoms with E-state index in [1.165, 1.54) is 44.5 Å². The van der Waals surface area contributed by atoms with Crippen LogP contribution < -0.4 is 40.2 Å². The molecule has 8 aromatic carbocycles. The summed E-state index contributed by atoms with van der Waals surface area (Å²) in [7, 11) is 7.41. The van der Waals surface area contributed by atoms with Crippen molar-refractivity contribution in [3.8, 4) is 23.0 Å². The lowest BCUT2D eigenvalue weighted by Gasteiger charge is -2.34. The van der Waals surface area contributed by atoms with Gasteiger partial charge in [0.2, 0.25) is 0 Å². The van der Waals surface area contributed by atoms with E-state index < -0.39 is 0 Å². The summed E-state index contributed by atoms with van der Waals surface area (Å²) < 4.78 is 27.5. The Hall–Kier alpha value is -7.84. The Kier molecular flexibility index (Phi) is 22.6. The van der Waals surface area contributed by atoms with Crippen LogP contribution in [0.15, 0.2) is 146 Å².